The first-order valence-corrected chi connectivity index (χ1v) is 10.8. The molecule has 6 heteroatoms. The van der Waals surface area contributed by atoms with Crippen molar-refractivity contribution in [3.05, 3.63) is 71.3 Å². The van der Waals surface area contributed by atoms with Gasteiger partial charge in [-0.1, -0.05) is 54.6 Å². The average molecular weight is 407 g/mol. The van der Waals surface area contributed by atoms with Crippen molar-refractivity contribution in [3.8, 4) is 0 Å². The quantitative estimate of drug-likeness (QED) is 0.658. The molecule has 2 aliphatic heterocycles. The molecule has 2 aromatic rings. The van der Waals surface area contributed by atoms with Crippen molar-refractivity contribution >= 4 is 11.8 Å². The van der Waals surface area contributed by atoms with Crippen LogP contribution in [0.3, 0.4) is 0 Å². The summed E-state index contributed by atoms with van der Waals surface area (Å²) in [5.41, 5.74) is 3.97. The van der Waals surface area contributed by atoms with Gasteiger partial charge in [0.25, 0.3) is 0 Å². The van der Waals surface area contributed by atoms with Gasteiger partial charge < -0.3 is 10.6 Å². The molecule has 0 aliphatic carbocycles. The fraction of sp³-hybridized carbons (Fsp3) is 0.417. The van der Waals surface area contributed by atoms with Crippen LogP contribution in [0.2, 0.25) is 0 Å². The molecule has 30 heavy (non-hydrogen) atoms. The van der Waals surface area contributed by atoms with Crippen LogP contribution in [0.5, 0.6) is 0 Å². The largest absolute Gasteiger partial charge is 0.356 e. The number of rotatable bonds is 8. The molecule has 0 aromatic heterocycles. The van der Waals surface area contributed by atoms with Crippen LogP contribution in [-0.2, 0) is 29.2 Å². The van der Waals surface area contributed by atoms with Crippen molar-refractivity contribution in [2.45, 2.75) is 38.5 Å². The van der Waals surface area contributed by atoms with Crippen LogP contribution in [0.4, 0.5) is 0 Å². The normalized spacial score (nSPS) is 19.3. The van der Waals surface area contributed by atoms with Gasteiger partial charge in [-0.3, -0.25) is 19.4 Å². The van der Waals surface area contributed by atoms with Crippen LogP contribution in [-0.4, -0.2) is 53.8 Å². The standard InChI is InChI=1S/C24H30N4O2/c29-23(25-11-6-13-27-17-20-9-4-5-10-21(20)18-27)15-22-24(30)26-12-14-28(22)16-19-7-2-1-3-8-19/h1-5,7-10,22H,6,11-18H2,(H,25,29)(H,26,30). The molecule has 0 radical (unpaired) electrons. The summed E-state index contributed by atoms with van der Waals surface area (Å²) >= 11 is 0. The first-order chi connectivity index (χ1) is 14.7. The third-order valence-corrected chi connectivity index (χ3v) is 5.93. The Bertz CT molecular complexity index is 846. The summed E-state index contributed by atoms with van der Waals surface area (Å²) in [5, 5.41) is 5.91. The van der Waals surface area contributed by atoms with Gasteiger partial charge in [0.15, 0.2) is 0 Å². The van der Waals surface area contributed by atoms with Gasteiger partial charge in [-0.25, -0.2) is 0 Å². The maximum Gasteiger partial charge on any atom is 0.237 e. The number of carbonyl (C=O) groups is 2. The zero-order chi connectivity index (χ0) is 20.8. The van der Waals surface area contributed by atoms with E-state index >= 15 is 0 Å². The van der Waals surface area contributed by atoms with Crippen LogP contribution in [0.1, 0.15) is 29.5 Å². The van der Waals surface area contributed by atoms with Crippen molar-refractivity contribution in [1.82, 2.24) is 20.4 Å². The number of hydrogen-bond donors (Lipinski definition) is 2. The predicted molar refractivity (Wildman–Crippen MR) is 116 cm³/mol. The van der Waals surface area contributed by atoms with E-state index in [1.54, 1.807) is 0 Å². The minimum Gasteiger partial charge on any atom is -0.356 e. The molecule has 158 valence electrons. The Labute approximate surface area is 178 Å². The Kier molecular flexibility index (Phi) is 6.77. The lowest BCUT2D eigenvalue weighted by Gasteiger charge is -2.34. The Balaban J connectivity index is 1.21. The van der Waals surface area contributed by atoms with E-state index in [1.165, 1.54) is 11.1 Å². The fourth-order valence-corrected chi connectivity index (χ4v) is 4.33. The van der Waals surface area contributed by atoms with Gasteiger partial charge in [-0.05, 0) is 23.1 Å². The molecule has 0 spiro atoms. The maximum absolute atomic E-state index is 12.5. The van der Waals surface area contributed by atoms with Gasteiger partial charge >= 0.3 is 0 Å². The Morgan fingerprint density at radius 1 is 1.03 bits per heavy atom. The van der Waals surface area contributed by atoms with Crippen molar-refractivity contribution in [2.24, 2.45) is 0 Å². The molecule has 6 nitrogen and oxygen atoms in total. The van der Waals surface area contributed by atoms with E-state index < -0.39 is 6.04 Å². The molecule has 0 bridgehead atoms. The molecule has 1 fully saturated rings. The zero-order valence-electron chi connectivity index (χ0n) is 17.3. The smallest absolute Gasteiger partial charge is 0.237 e. The highest BCUT2D eigenvalue weighted by Gasteiger charge is 2.31. The lowest BCUT2D eigenvalue weighted by Crippen LogP contribution is -2.56. The number of benzene rings is 2. The molecule has 2 aliphatic rings. The molecule has 4 rings (SSSR count). The summed E-state index contributed by atoms with van der Waals surface area (Å²) in [7, 11) is 0. The van der Waals surface area contributed by atoms with Gasteiger partial charge in [-0.2, -0.15) is 0 Å². The van der Waals surface area contributed by atoms with Gasteiger partial charge in [0.05, 0.1) is 12.5 Å². The van der Waals surface area contributed by atoms with Crippen LogP contribution in [0, 0.1) is 0 Å². The van der Waals surface area contributed by atoms with E-state index in [-0.39, 0.29) is 18.2 Å². The first-order valence-electron chi connectivity index (χ1n) is 10.8. The minimum absolute atomic E-state index is 0.0536. The summed E-state index contributed by atoms with van der Waals surface area (Å²) in [4.78, 5) is 29.4. The van der Waals surface area contributed by atoms with Crippen molar-refractivity contribution in [3.63, 3.8) is 0 Å². The van der Waals surface area contributed by atoms with Crippen molar-refractivity contribution < 1.29 is 9.59 Å². The zero-order valence-corrected chi connectivity index (χ0v) is 17.3. The monoisotopic (exact) mass is 406 g/mol. The number of piperazine rings is 1. The predicted octanol–water partition coefficient (Wildman–Crippen LogP) is 1.90. The molecule has 0 saturated carbocycles. The van der Waals surface area contributed by atoms with Crippen LogP contribution >= 0.6 is 0 Å². The van der Waals surface area contributed by atoms with E-state index in [4.69, 9.17) is 0 Å². The van der Waals surface area contributed by atoms with Crippen LogP contribution in [0.25, 0.3) is 0 Å². The fourth-order valence-electron chi connectivity index (χ4n) is 4.33. The average Bonchev–Trinajstić information content (AvgIpc) is 3.17. The maximum atomic E-state index is 12.5. The van der Waals surface area contributed by atoms with E-state index in [9.17, 15) is 9.59 Å². The highest BCUT2D eigenvalue weighted by molar-refractivity contribution is 5.88. The summed E-state index contributed by atoms with van der Waals surface area (Å²) in [6.07, 6.45) is 1.11. The van der Waals surface area contributed by atoms with Crippen LogP contribution < -0.4 is 10.6 Å². The van der Waals surface area contributed by atoms with E-state index in [0.717, 1.165) is 38.2 Å². The number of fused-ring (bicyclic) bond motifs is 1. The van der Waals surface area contributed by atoms with E-state index in [2.05, 4.69) is 56.8 Å². The topological polar surface area (TPSA) is 64.7 Å². The Morgan fingerprint density at radius 2 is 1.73 bits per heavy atom. The van der Waals surface area contributed by atoms with E-state index in [0.29, 0.717) is 19.6 Å². The Hall–Kier alpha value is -2.70. The second kappa shape index (κ2) is 9.87. The molecule has 2 amide bonds. The highest BCUT2D eigenvalue weighted by atomic mass is 16.2. The number of carbonyl (C=O) groups excluding carboxylic acids is 2. The molecule has 2 N–H and O–H groups in total. The highest BCUT2D eigenvalue weighted by Crippen LogP contribution is 2.21. The second-order valence-electron chi connectivity index (χ2n) is 8.15. The lowest BCUT2D eigenvalue weighted by molar-refractivity contribution is -0.134. The number of amides is 2. The molecule has 1 unspecified atom stereocenters. The molecule has 1 atom stereocenters. The van der Waals surface area contributed by atoms with Gasteiger partial charge in [0.2, 0.25) is 11.8 Å². The third kappa shape index (κ3) is 5.26. The van der Waals surface area contributed by atoms with Gasteiger partial charge in [0.1, 0.15) is 0 Å². The van der Waals surface area contributed by atoms with E-state index in [1.807, 2.05) is 18.2 Å². The third-order valence-electron chi connectivity index (χ3n) is 5.93. The molecule has 2 heterocycles. The number of nitrogens with one attached hydrogen (secondary N) is 2. The summed E-state index contributed by atoms with van der Waals surface area (Å²) in [5.74, 6) is -0.109. The number of nitrogens with zero attached hydrogens (tertiary/aromatic N) is 2. The van der Waals surface area contributed by atoms with Gasteiger partial charge in [-0.15, -0.1) is 0 Å². The Morgan fingerprint density at radius 3 is 2.47 bits per heavy atom. The van der Waals surface area contributed by atoms with Crippen molar-refractivity contribution in [2.75, 3.05) is 26.2 Å². The molecular formula is C24H30N4O2. The lowest BCUT2D eigenvalue weighted by atomic mass is 10.1. The molecule has 1 saturated heterocycles. The number of hydrogen-bond acceptors (Lipinski definition) is 4. The molecule has 2 aromatic carbocycles. The second-order valence-corrected chi connectivity index (χ2v) is 8.15. The van der Waals surface area contributed by atoms with Crippen LogP contribution in [0.15, 0.2) is 54.6 Å². The minimum atomic E-state index is -0.410. The summed E-state index contributed by atoms with van der Waals surface area (Å²) in [6, 6.07) is 18.2. The molecular weight excluding hydrogens is 376 g/mol. The SMILES string of the molecule is O=C(CC1C(=O)NCCN1Cc1ccccc1)NCCCN1Cc2ccccc2C1. The summed E-state index contributed by atoms with van der Waals surface area (Å²) < 4.78 is 0. The van der Waals surface area contributed by atoms with Gasteiger partial charge in [0, 0.05) is 45.8 Å². The summed E-state index contributed by atoms with van der Waals surface area (Å²) in [6.45, 7) is 5.64. The van der Waals surface area contributed by atoms with Crippen molar-refractivity contribution in [1.29, 1.82) is 0 Å². The first kappa shape index (κ1) is 20.6.